The van der Waals surface area contributed by atoms with Crippen molar-refractivity contribution in [2.45, 2.75) is 52.0 Å². The fraction of sp³-hybridized carbons (Fsp3) is 0.933. The van der Waals surface area contributed by atoms with E-state index in [4.69, 9.17) is 0 Å². The minimum absolute atomic E-state index is 0.256. The van der Waals surface area contributed by atoms with E-state index in [9.17, 15) is 4.79 Å². The number of nitrogens with one attached hydrogen (secondary N) is 1. The summed E-state index contributed by atoms with van der Waals surface area (Å²) >= 11 is 0. The van der Waals surface area contributed by atoms with Gasteiger partial charge in [-0.3, -0.25) is 9.69 Å². The highest BCUT2D eigenvalue weighted by molar-refractivity contribution is 5.78. The lowest BCUT2D eigenvalue weighted by Gasteiger charge is -2.39. The van der Waals surface area contributed by atoms with Gasteiger partial charge in [0, 0.05) is 31.7 Å². The minimum Gasteiger partial charge on any atom is -0.342 e. The van der Waals surface area contributed by atoms with Crippen LogP contribution in [0.1, 0.15) is 46.5 Å². The Kier molecular flexibility index (Phi) is 6.80. The predicted molar refractivity (Wildman–Crippen MR) is 80.3 cm³/mol. The molecule has 1 saturated heterocycles. The van der Waals surface area contributed by atoms with Crippen molar-refractivity contribution in [3.8, 4) is 0 Å². The van der Waals surface area contributed by atoms with Crippen molar-refractivity contribution in [1.29, 1.82) is 0 Å². The molecule has 0 saturated carbocycles. The Balaban J connectivity index is 2.40. The van der Waals surface area contributed by atoms with Crippen LogP contribution >= 0.6 is 0 Å². The quantitative estimate of drug-likeness (QED) is 0.764. The van der Waals surface area contributed by atoms with Crippen molar-refractivity contribution in [1.82, 2.24) is 15.1 Å². The molecule has 0 aromatic carbocycles. The average Bonchev–Trinajstić information content (AvgIpc) is 2.41. The first-order valence-corrected chi connectivity index (χ1v) is 7.73. The number of rotatable bonds is 7. The highest BCUT2D eigenvalue weighted by Crippen LogP contribution is 2.20. The van der Waals surface area contributed by atoms with Crippen LogP contribution < -0.4 is 5.32 Å². The molecule has 0 aromatic heterocycles. The number of nitrogens with zero attached hydrogens (tertiary/aromatic N) is 2. The molecule has 0 atom stereocenters. The number of likely N-dealkylation sites (tertiary alicyclic amines) is 1. The summed E-state index contributed by atoms with van der Waals surface area (Å²) in [6.45, 7) is 11.0. The maximum absolute atomic E-state index is 12.3. The molecule has 1 heterocycles. The monoisotopic (exact) mass is 269 g/mol. The van der Waals surface area contributed by atoms with Crippen molar-refractivity contribution in [3.05, 3.63) is 0 Å². The van der Waals surface area contributed by atoms with Gasteiger partial charge in [0.1, 0.15) is 0 Å². The van der Waals surface area contributed by atoms with E-state index in [1.165, 1.54) is 0 Å². The average molecular weight is 269 g/mol. The largest absolute Gasteiger partial charge is 0.342 e. The zero-order chi connectivity index (χ0) is 14.3. The molecule has 1 amide bonds. The van der Waals surface area contributed by atoms with Crippen molar-refractivity contribution in [3.63, 3.8) is 0 Å². The summed E-state index contributed by atoms with van der Waals surface area (Å²) in [5.74, 6) is 0.303. The second-order valence-corrected chi connectivity index (χ2v) is 5.97. The first kappa shape index (κ1) is 16.4. The van der Waals surface area contributed by atoms with E-state index in [1.807, 2.05) is 11.9 Å². The molecule has 0 spiro atoms. The van der Waals surface area contributed by atoms with Crippen LogP contribution in [0.3, 0.4) is 0 Å². The van der Waals surface area contributed by atoms with Gasteiger partial charge in [-0.25, -0.2) is 0 Å². The lowest BCUT2D eigenvalue weighted by atomic mass is 9.90. The van der Waals surface area contributed by atoms with Crippen LogP contribution in [0, 0.1) is 0 Å². The van der Waals surface area contributed by atoms with Gasteiger partial charge in [-0.05, 0) is 39.7 Å². The second-order valence-electron chi connectivity index (χ2n) is 5.97. The van der Waals surface area contributed by atoms with Gasteiger partial charge < -0.3 is 10.2 Å². The van der Waals surface area contributed by atoms with Crippen LogP contribution in [0.4, 0.5) is 0 Å². The van der Waals surface area contributed by atoms with Gasteiger partial charge in [0.15, 0.2) is 0 Å². The Hall–Kier alpha value is -0.610. The topological polar surface area (TPSA) is 35.6 Å². The van der Waals surface area contributed by atoms with Crippen LogP contribution in [0.5, 0.6) is 0 Å². The van der Waals surface area contributed by atoms with Gasteiger partial charge in [0.25, 0.3) is 0 Å². The highest BCUT2D eigenvalue weighted by Gasteiger charge is 2.29. The summed E-state index contributed by atoms with van der Waals surface area (Å²) in [5, 5.41) is 3.40. The number of amides is 1. The smallest absolute Gasteiger partial charge is 0.236 e. The summed E-state index contributed by atoms with van der Waals surface area (Å²) in [5.41, 5.74) is 0.256. The normalized spacial score (nSPS) is 19.4. The highest BCUT2D eigenvalue weighted by atomic mass is 16.2. The van der Waals surface area contributed by atoms with Crippen molar-refractivity contribution in [2.24, 2.45) is 0 Å². The molecule has 0 unspecified atom stereocenters. The molecule has 1 fully saturated rings. The molecule has 0 aliphatic carbocycles. The SMILES string of the molecule is CCCN(CCC)C(=O)CN1CCC(C)(NC)CC1. The van der Waals surface area contributed by atoms with Gasteiger partial charge >= 0.3 is 0 Å². The van der Waals surface area contributed by atoms with E-state index < -0.39 is 0 Å². The number of piperidine rings is 1. The van der Waals surface area contributed by atoms with E-state index in [2.05, 4.69) is 31.0 Å². The Morgan fingerprint density at radius 2 is 1.74 bits per heavy atom. The van der Waals surface area contributed by atoms with Crippen LogP contribution in [-0.2, 0) is 4.79 Å². The van der Waals surface area contributed by atoms with Gasteiger partial charge in [-0.2, -0.15) is 0 Å². The molecule has 1 N–H and O–H groups in total. The van der Waals surface area contributed by atoms with E-state index in [0.717, 1.165) is 51.9 Å². The molecule has 19 heavy (non-hydrogen) atoms. The van der Waals surface area contributed by atoms with E-state index in [1.54, 1.807) is 0 Å². The number of hydrogen-bond acceptors (Lipinski definition) is 3. The molecule has 4 heteroatoms. The first-order valence-electron chi connectivity index (χ1n) is 7.73. The predicted octanol–water partition coefficient (Wildman–Crippen LogP) is 1.71. The Bertz CT molecular complexity index is 267. The summed E-state index contributed by atoms with van der Waals surface area (Å²) < 4.78 is 0. The summed E-state index contributed by atoms with van der Waals surface area (Å²) in [6, 6.07) is 0. The summed E-state index contributed by atoms with van der Waals surface area (Å²) in [4.78, 5) is 16.6. The second kappa shape index (κ2) is 7.85. The maximum atomic E-state index is 12.3. The van der Waals surface area contributed by atoms with Gasteiger partial charge in [0.05, 0.1) is 6.54 Å². The van der Waals surface area contributed by atoms with Gasteiger partial charge in [0.2, 0.25) is 5.91 Å². The van der Waals surface area contributed by atoms with Crippen LogP contribution in [-0.4, -0.2) is 61.0 Å². The van der Waals surface area contributed by atoms with Gasteiger partial charge in [-0.1, -0.05) is 13.8 Å². The van der Waals surface area contributed by atoms with Crippen molar-refractivity contribution < 1.29 is 4.79 Å². The zero-order valence-electron chi connectivity index (χ0n) is 13.2. The third-order valence-electron chi connectivity index (χ3n) is 4.26. The number of carbonyl (C=O) groups excluding carboxylic acids is 1. The molecule has 0 aromatic rings. The molecule has 4 nitrogen and oxygen atoms in total. The lowest BCUT2D eigenvalue weighted by Crippen LogP contribution is -2.52. The van der Waals surface area contributed by atoms with Crippen molar-refractivity contribution >= 4 is 5.91 Å². The minimum atomic E-state index is 0.256. The molecule has 1 aliphatic rings. The fourth-order valence-electron chi connectivity index (χ4n) is 2.65. The van der Waals surface area contributed by atoms with Crippen LogP contribution in [0.15, 0.2) is 0 Å². The van der Waals surface area contributed by atoms with Gasteiger partial charge in [-0.15, -0.1) is 0 Å². The van der Waals surface area contributed by atoms with E-state index in [-0.39, 0.29) is 5.54 Å². The standard InChI is InChI=1S/C15H31N3O/c1-5-9-18(10-6-2)14(19)13-17-11-7-15(3,16-4)8-12-17/h16H,5-13H2,1-4H3. The zero-order valence-corrected chi connectivity index (χ0v) is 13.2. The molecular formula is C15H31N3O. The van der Waals surface area contributed by atoms with E-state index >= 15 is 0 Å². The Morgan fingerprint density at radius 3 is 2.16 bits per heavy atom. The molecule has 1 rings (SSSR count). The number of hydrogen-bond donors (Lipinski definition) is 1. The van der Waals surface area contributed by atoms with Crippen LogP contribution in [0.2, 0.25) is 0 Å². The Labute approximate surface area is 118 Å². The molecule has 0 radical (unpaired) electrons. The lowest BCUT2D eigenvalue weighted by molar-refractivity contribution is -0.133. The maximum Gasteiger partial charge on any atom is 0.236 e. The molecule has 0 bridgehead atoms. The third-order valence-corrected chi connectivity index (χ3v) is 4.26. The summed E-state index contributed by atoms with van der Waals surface area (Å²) in [7, 11) is 2.03. The molecular weight excluding hydrogens is 238 g/mol. The summed E-state index contributed by atoms with van der Waals surface area (Å²) in [6.07, 6.45) is 4.34. The Morgan fingerprint density at radius 1 is 1.21 bits per heavy atom. The first-order chi connectivity index (χ1) is 9.04. The third kappa shape index (κ3) is 5.11. The molecule has 112 valence electrons. The van der Waals surface area contributed by atoms with E-state index in [0.29, 0.717) is 12.5 Å². The molecule has 1 aliphatic heterocycles. The fourth-order valence-corrected chi connectivity index (χ4v) is 2.65. The number of carbonyl (C=O) groups is 1. The van der Waals surface area contributed by atoms with Crippen LogP contribution in [0.25, 0.3) is 0 Å². The van der Waals surface area contributed by atoms with Crippen molar-refractivity contribution in [2.75, 3.05) is 39.8 Å².